The first-order valence-electron chi connectivity index (χ1n) is 35.2. The van der Waals surface area contributed by atoms with E-state index in [0.29, 0.717) is 71.4 Å². The summed E-state index contributed by atoms with van der Waals surface area (Å²) in [6.07, 6.45) is 37.4. The molecule has 16 nitrogen and oxygen atoms in total. The van der Waals surface area contributed by atoms with Crippen LogP contribution in [0, 0.1) is 17.3 Å². The second-order valence-corrected chi connectivity index (χ2v) is 23.8. The Balaban J connectivity index is 6.20. The van der Waals surface area contributed by atoms with Crippen LogP contribution in [0.15, 0.2) is 24.3 Å². The second kappa shape index (κ2) is 60.9. The summed E-state index contributed by atoms with van der Waals surface area (Å²) in [5.74, 6) is -1.95. The minimum atomic E-state index is -1.49. The molecule has 0 aliphatic rings. The molecule has 0 aliphatic heterocycles. The van der Waals surface area contributed by atoms with Crippen molar-refractivity contribution in [3.05, 3.63) is 24.3 Å². The fraction of sp³-hybridized carbons (Fsp3) is 0.859. The molecule has 2 unspecified atom stereocenters. The van der Waals surface area contributed by atoms with Crippen LogP contribution in [0.5, 0.6) is 0 Å². The van der Waals surface area contributed by atoms with Crippen molar-refractivity contribution in [2.45, 2.75) is 299 Å². The molecule has 0 saturated carbocycles. The largest absolute Gasteiger partial charge is 0.508 e. The van der Waals surface area contributed by atoms with E-state index in [2.05, 4.69) is 84.6 Å². The molecule has 0 amide bonds. The molecule has 0 aromatic carbocycles. The number of hydrogen-bond acceptors (Lipinski definition) is 16. The lowest BCUT2D eigenvalue weighted by atomic mass is 9.92. The summed E-state index contributed by atoms with van der Waals surface area (Å²) in [6.45, 7) is 19.6. The zero-order chi connectivity index (χ0) is 64.1. The fourth-order valence-electron chi connectivity index (χ4n) is 9.91. The Bertz CT molecular complexity index is 1630. The molecule has 0 saturated heterocycles. The summed E-state index contributed by atoms with van der Waals surface area (Å²) in [7, 11) is 0. The molecule has 0 radical (unpaired) electrons. The van der Waals surface area contributed by atoms with Crippen molar-refractivity contribution >= 4 is 36.0 Å². The first kappa shape index (κ1) is 83.0. The number of unbranched alkanes of at least 4 members (excludes halogenated alkanes) is 18. The monoisotopic (exact) mass is 1240 g/mol. The normalized spacial score (nSPS) is 13.0. The van der Waals surface area contributed by atoms with Gasteiger partial charge in [-0.2, -0.15) is 0 Å². The van der Waals surface area contributed by atoms with E-state index in [1.807, 2.05) is 0 Å². The average Bonchev–Trinajstić information content (AvgIpc) is 3.67. The second-order valence-electron chi connectivity index (χ2n) is 23.8. The molecule has 0 heterocycles. The van der Waals surface area contributed by atoms with Crippen molar-refractivity contribution in [3.63, 3.8) is 0 Å². The van der Waals surface area contributed by atoms with Crippen molar-refractivity contribution in [1.29, 1.82) is 0 Å². The summed E-state index contributed by atoms with van der Waals surface area (Å²) in [4.78, 5) is 82.1. The Morgan fingerprint density at radius 3 is 1.18 bits per heavy atom. The Kier molecular flexibility index (Phi) is 58.1. The van der Waals surface area contributed by atoms with Gasteiger partial charge in [-0.05, 0) is 122 Å². The van der Waals surface area contributed by atoms with E-state index >= 15 is 0 Å². The topological polar surface area (TPSA) is 189 Å². The third-order valence-electron chi connectivity index (χ3n) is 15.7. The van der Waals surface area contributed by atoms with E-state index in [-0.39, 0.29) is 69.3 Å². The molecule has 0 aliphatic carbocycles. The van der Waals surface area contributed by atoms with Gasteiger partial charge < -0.3 is 47.5 Å². The first-order chi connectivity index (χ1) is 42.4. The number of carbonyl (C=O) groups is 6. The van der Waals surface area contributed by atoms with E-state index in [1.165, 1.54) is 12.8 Å². The predicted octanol–water partition coefficient (Wildman–Crippen LogP) is 17.4. The fourth-order valence-corrected chi connectivity index (χ4v) is 9.91. The lowest BCUT2D eigenvalue weighted by molar-refractivity contribution is -0.170. The number of carbonyl (C=O) groups excluding carboxylic acids is 6. The summed E-state index contributed by atoms with van der Waals surface area (Å²) >= 11 is 0. The minimum absolute atomic E-state index is 0.0520. The number of ether oxygens (including phenoxy) is 9. The maximum absolute atomic E-state index is 13.7. The Hall–Kier alpha value is -4.02. The molecule has 0 spiro atoms. The summed E-state index contributed by atoms with van der Waals surface area (Å²) in [5.41, 5.74) is -1.49. The zero-order valence-corrected chi connectivity index (χ0v) is 56.8. The van der Waals surface area contributed by atoms with Gasteiger partial charge in [0.05, 0.1) is 38.1 Å². The van der Waals surface area contributed by atoms with Crippen LogP contribution >= 0.6 is 0 Å². The van der Waals surface area contributed by atoms with Crippen LogP contribution in [0.25, 0.3) is 0 Å². The third kappa shape index (κ3) is 50.4. The molecule has 16 heteroatoms. The Morgan fingerprint density at radius 1 is 0.356 bits per heavy atom. The zero-order valence-electron chi connectivity index (χ0n) is 56.8. The molecule has 0 aromatic rings. The molecule has 0 fully saturated rings. The molecule has 0 bridgehead atoms. The molecule has 0 aromatic heterocycles. The van der Waals surface area contributed by atoms with Gasteiger partial charge >= 0.3 is 36.0 Å². The highest BCUT2D eigenvalue weighted by molar-refractivity contribution is 5.73. The van der Waals surface area contributed by atoms with E-state index < -0.39 is 49.0 Å². The van der Waals surface area contributed by atoms with Gasteiger partial charge in [0.2, 0.25) is 0 Å². The smallest absolute Gasteiger partial charge is 0.465 e. The first-order valence-corrected chi connectivity index (χ1v) is 35.2. The van der Waals surface area contributed by atoms with Crippen molar-refractivity contribution in [3.8, 4) is 0 Å². The lowest BCUT2D eigenvalue weighted by Gasteiger charge is -2.31. The van der Waals surface area contributed by atoms with E-state index in [9.17, 15) is 28.8 Å². The molecular formula is C71H129NO15. The van der Waals surface area contributed by atoms with E-state index in [1.54, 1.807) is 0 Å². The van der Waals surface area contributed by atoms with Crippen LogP contribution in [0.3, 0.4) is 0 Å². The Labute approximate surface area is 530 Å². The average molecular weight is 1240 g/mol. The van der Waals surface area contributed by atoms with Gasteiger partial charge in [0.25, 0.3) is 0 Å². The van der Waals surface area contributed by atoms with Crippen molar-refractivity contribution < 1.29 is 71.4 Å². The summed E-state index contributed by atoms with van der Waals surface area (Å²) < 4.78 is 52.7. The van der Waals surface area contributed by atoms with Gasteiger partial charge in [0, 0.05) is 39.0 Å². The molecule has 508 valence electrons. The highest BCUT2D eigenvalue weighted by atomic mass is 16.7. The van der Waals surface area contributed by atoms with Gasteiger partial charge in [-0.1, -0.05) is 182 Å². The van der Waals surface area contributed by atoms with Crippen LogP contribution in [-0.4, -0.2) is 126 Å². The van der Waals surface area contributed by atoms with Gasteiger partial charge in [0.1, 0.15) is 31.8 Å². The van der Waals surface area contributed by atoms with Crippen LogP contribution in [0.2, 0.25) is 0 Å². The van der Waals surface area contributed by atoms with E-state index in [0.717, 1.165) is 174 Å². The number of rotatable bonds is 63. The standard InChI is InChI=1S/C71H129NO15/c1-9-17-23-27-31-39-53-79-67(80-54-40-32-28-24-18-10-2)51-50-66(75)86-60-71(61-87-70(78)83-57-43-52-72(15-7)16-8,58-84-64(73)48-37-29-33-41-55-81-68(76)62(44-21-13-5)46-35-25-19-11-3)59-85-65(74)49-38-30-34-42-56-82-69(77)63(45-22-14-6)47-36-26-20-12-4/h17-18,23-24,62-63,67H,9-16,19-22,25-61H2,1-8H3/b23-17-,24-18-. The van der Waals surface area contributed by atoms with Gasteiger partial charge in [-0.3, -0.25) is 24.0 Å². The number of hydrogen-bond donors (Lipinski definition) is 0. The molecule has 87 heavy (non-hydrogen) atoms. The maximum Gasteiger partial charge on any atom is 0.508 e. The molecule has 0 rings (SSSR count). The van der Waals surface area contributed by atoms with E-state index in [4.69, 9.17) is 42.6 Å². The van der Waals surface area contributed by atoms with Gasteiger partial charge in [-0.25, -0.2) is 4.79 Å². The number of allylic oxidation sites excluding steroid dienone is 4. The highest BCUT2D eigenvalue weighted by Crippen LogP contribution is 2.25. The van der Waals surface area contributed by atoms with Crippen molar-refractivity contribution in [1.82, 2.24) is 4.90 Å². The van der Waals surface area contributed by atoms with Crippen LogP contribution in [0.1, 0.15) is 293 Å². The quantitative estimate of drug-likeness (QED) is 0.0184. The van der Waals surface area contributed by atoms with Crippen LogP contribution in [-0.2, 0) is 66.6 Å². The number of nitrogens with zero attached hydrogens (tertiary/aromatic N) is 1. The SMILES string of the molecule is CC/C=C\CCCCOC(CCC(=O)OCC(COC(=O)CCCCCCOC(=O)C(CCCC)CCCCCC)(COC(=O)CCCCCCOC(=O)C(CCCC)CCCCCC)COC(=O)OCCCN(CC)CC)OCCCC/C=C\CC. The third-order valence-corrected chi connectivity index (χ3v) is 15.7. The highest BCUT2D eigenvalue weighted by Gasteiger charge is 2.38. The number of esters is 5. The molecule has 0 N–H and O–H groups in total. The van der Waals surface area contributed by atoms with Crippen LogP contribution < -0.4 is 0 Å². The van der Waals surface area contributed by atoms with Gasteiger partial charge in [-0.15, -0.1) is 0 Å². The van der Waals surface area contributed by atoms with Gasteiger partial charge in [0.15, 0.2) is 6.29 Å². The lowest BCUT2D eigenvalue weighted by Crippen LogP contribution is -2.44. The Morgan fingerprint density at radius 2 is 0.747 bits per heavy atom. The van der Waals surface area contributed by atoms with Crippen molar-refractivity contribution in [2.24, 2.45) is 17.3 Å². The summed E-state index contributed by atoms with van der Waals surface area (Å²) in [5, 5.41) is 0. The maximum atomic E-state index is 13.7. The van der Waals surface area contributed by atoms with Crippen molar-refractivity contribution in [2.75, 3.05) is 79.1 Å². The minimum Gasteiger partial charge on any atom is -0.465 e. The molecule has 2 atom stereocenters. The predicted molar refractivity (Wildman–Crippen MR) is 348 cm³/mol. The molecular weight excluding hydrogens is 1110 g/mol. The van der Waals surface area contributed by atoms with Crippen LogP contribution in [0.4, 0.5) is 4.79 Å². The summed E-state index contributed by atoms with van der Waals surface area (Å²) in [6, 6.07) is 0.